The molecule has 1 heterocycles. The summed E-state index contributed by atoms with van der Waals surface area (Å²) in [4.78, 5) is 3.91. The first-order chi connectivity index (χ1) is 6.97. The summed E-state index contributed by atoms with van der Waals surface area (Å²) in [6.07, 6.45) is 0. The van der Waals surface area contributed by atoms with Crippen molar-refractivity contribution in [1.82, 2.24) is 4.98 Å². The van der Waals surface area contributed by atoms with Gasteiger partial charge in [-0.2, -0.15) is 0 Å². The minimum absolute atomic E-state index is 0.154. The van der Waals surface area contributed by atoms with E-state index in [0.29, 0.717) is 10.5 Å². The summed E-state index contributed by atoms with van der Waals surface area (Å²) in [5.41, 5.74) is 0.543. The van der Waals surface area contributed by atoms with Crippen LogP contribution >= 0.6 is 22.3 Å². The number of aromatic nitrogens is 1. The lowest BCUT2D eigenvalue weighted by Crippen LogP contribution is -1.94. The van der Waals surface area contributed by atoms with Crippen LogP contribution in [0.2, 0.25) is 5.02 Å². The summed E-state index contributed by atoms with van der Waals surface area (Å²) in [6, 6.07) is 7.95. The Balaban J connectivity index is 2.73. The maximum absolute atomic E-state index is 11.0. The molecule has 1 aromatic heterocycles. The van der Waals surface area contributed by atoms with E-state index < -0.39 is 9.05 Å². The van der Waals surface area contributed by atoms with E-state index >= 15 is 0 Å². The van der Waals surface area contributed by atoms with Crippen LogP contribution in [0.25, 0.3) is 10.9 Å². The van der Waals surface area contributed by atoms with Gasteiger partial charge in [-0.15, -0.1) is 0 Å². The minimum Gasteiger partial charge on any atom is -0.235 e. The lowest BCUT2D eigenvalue weighted by atomic mass is 10.2. The Bertz CT molecular complexity index is 625. The van der Waals surface area contributed by atoms with Crippen LogP contribution in [0.4, 0.5) is 0 Å². The molecule has 0 amide bonds. The van der Waals surface area contributed by atoms with Gasteiger partial charge in [0.25, 0.3) is 9.05 Å². The van der Waals surface area contributed by atoms with E-state index in [1.807, 2.05) is 0 Å². The molecule has 6 heteroatoms. The summed E-state index contributed by atoms with van der Waals surface area (Å²) < 4.78 is 22.0. The number of nitrogens with zero attached hydrogens (tertiary/aromatic N) is 1. The molecule has 0 radical (unpaired) electrons. The average Bonchev–Trinajstić information content (AvgIpc) is 2.15. The molecule has 0 saturated heterocycles. The molecule has 0 N–H and O–H groups in total. The van der Waals surface area contributed by atoms with Gasteiger partial charge in [-0.25, -0.2) is 13.4 Å². The molecule has 3 nitrogen and oxygen atoms in total. The number of hydrogen-bond acceptors (Lipinski definition) is 3. The molecule has 2 rings (SSSR count). The van der Waals surface area contributed by atoms with Gasteiger partial charge in [-0.3, -0.25) is 0 Å². The largest absolute Gasteiger partial charge is 0.278 e. The molecular formula is C9H5Cl2NO2S. The van der Waals surface area contributed by atoms with Crippen LogP contribution in [0, 0.1) is 0 Å². The van der Waals surface area contributed by atoms with Gasteiger partial charge in [0.05, 0.1) is 5.52 Å². The van der Waals surface area contributed by atoms with Gasteiger partial charge in [0, 0.05) is 21.1 Å². The predicted molar refractivity (Wildman–Crippen MR) is 59.8 cm³/mol. The first-order valence-electron chi connectivity index (χ1n) is 3.98. The topological polar surface area (TPSA) is 47.0 Å². The predicted octanol–water partition coefficient (Wildman–Crippen LogP) is 2.82. The number of fused-ring (bicyclic) bond motifs is 1. The summed E-state index contributed by atoms with van der Waals surface area (Å²) in [7, 11) is 1.40. The Morgan fingerprint density at radius 3 is 2.53 bits per heavy atom. The smallest absolute Gasteiger partial charge is 0.235 e. The second-order valence-electron chi connectivity index (χ2n) is 2.92. The van der Waals surface area contributed by atoms with Crippen LogP contribution in [-0.2, 0) is 9.05 Å². The van der Waals surface area contributed by atoms with Crippen LogP contribution in [-0.4, -0.2) is 13.4 Å². The average molecular weight is 262 g/mol. The van der Waals surface area contributed by atoms with Crippen molar-refractivity contribution in [2.75, 3.05) is 0 Å². The third-order valence-corrected chi connectivity index (χ3v) is 3.31. The van der Waals surface area contributed by atoms with Crippen molar-refractivity contribution >= 4 is 42.2 Å². The lowest BCUT2D eigenvalue weighted by Gasteiger charge is -1.99. The van der Waals surface area contributed by atoms with E-state index in [2.05, 4.69) is 4.98 Å². The number of halogens is 2. The van der Waals surface area contributed by atoms with Crippen molar-refractivity contribution in [1.29, 1.82) is 0 Å². The second-order valence-corrected chi connectivity index (χ2v) is 5.87. The molecule has 15 heavy (non-hydrogen) atoms. The summed E-state index contributed by atoms with van der Waals surface area (Å²) in [5, 5.41) is 1.19. The zero-order chi connectivity index (χ0) is 11.1. The molecule has 0 aliphatic carbocycles. The summed E-state index contributed by atoms with van der Waals surface area (Å²) in [5.74, 6) is 0. The molecular weight excluding hydrogens is 257 g/mol. The van der Waals surface area contributed by atoms with E-state index in [1.165, 1.54) is 6.07 Å². The number of hydrogen-bond donors (Lipinski definition) is 0. The SMILES string of the molecule is O=S(=O)(Cl)c1ccc2cc(Cl)ccc2n1. The van der Waals surface area contributed by atoms with E-state index in [1.54, 1.807) is 24.3 Å². The fourth-order valence-corrected chi connectivity index (χ4v) is 2.09. The van der Waals surface area contributed by atoms with Crippen LogP contribution in [0.15, 0.2) is 35.4 Å². The van der Waals surface area contributed by atoms with Crippen LogP contribution in [0.3, 0.4) is 0 Å². The third kappa shape index (κ3) is 2.22. The Hall–Kier alpha value is -0.840. The van der Waals surface area contributed by atoms with Gasteiger partial charge in [-0.05, 0) is 30.3 Å². The van der Waals surface area contributed by atoms with Crippen LogP contribution in [0.1, 0.15) is 0 Å². The van der Waals surface area contributed by atoms with Crippen molar-refractivity contribution in [3.05, 3.63) is 35.4 Å². The maximum Gasteiger partial charge on any atom is 0.278 e. The zero-order valence-electron chi connectivity index (χ0n) is 7.31. The molecule has 0 spiro atoms. The highest BCUT2D eigenvalue weighted by Gasteiger charge is 2.11. The number of benzene rings is 1. The maximum atomic E-state index is 11.0. The fourth-order valence-electron chi connectivity index (χ4n) is 1.21. The normalized spacial score (nSPS) is 11.9. The van der Waals surface area contributed by atoms with Crippen LogP contribution < -0.4 is 0 Å². The van der Waals surface area contributed by atoms with Gasteiger partial charge in [-0.1, -0.05) is 11.6 Å². The van der Waals surface area contributed by atoms with Gasteiger partial charge >= 0.3 is 0 Å². The van der Waals surface area contributed by atoms with Crippen molar-refractivity contribution in [2.24, 2.45) is 0 Å². The monoisotopic (exact) mass is 261 g/mol. The third-order valence-electron chi connectivity index (χ3n) is 1.88. The number of pyridine rings is 1. The summed E-state index contributed by atoms with van der Waals surface area (Å²) in [6.45, 7) is 0. The lowest BCUT2D eigenvalue weighted by molar-refractivity contribution is 0.606. The molecule has 0 bridgehead atoms. The summed E-state index contributed by atoms with van der Waals surface area (Å²) >= 11 is 5.78. The molecule has 0 unspecified atom stereocenters. The quantitative estimate of drug-likeness (QED) is 0.742. The molecule has 0 aliphatic heterocycles. The molecule has 78 valence electrons. The number of rotatable bonds is 1. The molecule has 0 atom stereocenters. The zero-order valence-corrected chi connectivity index (χ0v) is 9.64. The highest BCUT2D eigenvalue weighted by Crippen LogP contribution is 2.20. The van der Waals surface area contributed by atoms with E-state index in [4.69, 9.17) is 22.3 Å². The van der Waals surface area contributed by atoms with Gasteiger partial charge < -0.3 is 0 Å². The Morgan fingerprint density at radius 1 is 1.13 bits per heavy atom. The highest BCUT2D eigenvalue weighted by atomic mass is 35.7. The van der Waals surface area contributed by atoms with E-state index in [-0.39, 0.29) is 5.03 Å². The first kappa shape index (κ1) is 10.7. The standard InChI is InChI=1S/C9H5Cl2NO2S/c10-7-2-3-8-6(5-7)1-4-9(12-8)15(11,13)14/h1-5H. The van der Waals surface area contributed by atoms with Crippen molar-refractivity contribution < 1.29 is 8.42 Å². The van der Waals surface area contributed by atoms with Gasteiger partial charge in [0.15, 0.2) is 5.03 Å². The van der Waals surface area contributed by atoms with Crippen molar-refractivity contribution in [3.8, 4) is 0 Å². The molecule has 1 aromatic carbocycles. The molecule has 0 aliphatic rings. The van der Waals surface area contributed by atoms with Gasteiger partial charge in [0.2, 0.25) is 0 Å². The highest BCUT2D eigenvalue weighted by molar-refractivity contribution is 8.13. The van der Waals surface area contributed by atoms with Crippen LogP contribution in [0.5, 0.6) is 0 Å². The fraction of sp³-hybridized carbons (Fsp3) is 0. The Morgan fingerprint density at radius 2 is 1.87 bits per heavy atom. The first-order valence-corrected chi connectivity index (χ1v) is 6.66. The van der Waals surface area contributed by atoms with E-state index in [0.717, 1.165) is 5.39 Å². The second kappa shape index (κ2) is 3.63. The Labute approximate surface area is 96.1 Å². The van der Waals surface area contributed by atoms with Gasteiger partial charge in [0.1, 0.15) is 0 Å². The molecule has 0 saturated carbocycles. The van der Waals surface area contributed by atoms with Crippen molar-refractivity contribution in [2.45, 2.75) is 5.03 Å². The molecule has 2 aromatic rings. The minimum atomic E-state index is -3.78. The van der Waals surface area contributed by atoms with E-state index in [9.17, 15) is 8.42 Å². The van der Waals surface area contributed by atoms with Crippen molar-refractivity contribution in [3.63, 3.8) is 0 Å². The molecule has 0 fully saturated rings. The Kier molecular flexibility index (Phi) is 2.58.